The summed E-state index contributed by atoms with van der Waals surface area (Å²) < 4.78 is 0. The SMILES string of the molecule is O=C(CCc1csc(NC(=O)c2ccccc2)n1)NCc1ccccn1. The second-order valence-corrected chi connectivity index (χ2v) is 6.42. The van der Waals surface area contributed by atoms with Gasteiger partial charge in [0.1, 0.15) is 0 Å². The Bertz CT molecular complexity index is 866. The highest BCUT2D eigenvalue weighted by atomic mass is 32.1. The van der Waals surface area contributed by atoms with Crippen molar-refractivity contribution in [1.29, 1.82) is 0 Å². The van der Waals surface area contributed by atoms with Crippen LogP contribution in [0.2, 0.25) is 0 Å². The molecule has 132 valence electrons. The van der Waals surface area contributed by atoms with Gasteiger partial charge in [-0.3, -0.25) is 19.9 Å². The van der Waals surface area contributed by atoms with Crippen molar-refractivity contribution in [2.24, 2.45) is 0 Å². The van der Waals surface area contributed by atoms with Gasteiger partial charge in [0.05, 0.1) is 17.9 Å². The summed E-state index contributed by atoms with van der Waals surface area (Å²) in [7, 11) is 0. The molecule has 2 amide bonds. The number of nitrogens with one attached hydrogen (secondary N) is 2. The molecule has 0 aliphatic heterocycles. The van der Waals surface area contributed by atoms with E-state index in [4.69, 9.17) is 0 Å². The number of nitrogens with zero attached hydrogens (tertiary/aromatic N) is 2. The number of rotatable bonds is 7. The maximum absolute atomic E-state index is 12.1. The van der Waals surface area contributed by atoms with Crippen molar-refractivity contribution in [1.82, 2.24) is 15.3 Å². The number of carbonyl (C=O) groups excluding carboxylic acids is 2. The smallest absolute Gasteiger partial charge is 0.257 e. The summed E-state index contributed by atoms with van der Waals surface area (Å²) >= 11 is 1.35. The van der Waals surface area contributed by atoms with Gasteiger partial charge in [-0.05, 0) is 30.7 Å². The van der Waals surface area contributed by atoms with Gasteiger partial charge in [0, 0.05) is 23.6 Å². The number of anilines is 1. The minimum absolute atomic E-state index is 0.0569. The highest BCUT2D eigenvalue weighted by molar-refractivity contribution is 7.14. The third kappa shape index (κ3) is 5.22. The lowest BCUT2D eigenvalue weighted by Gasteiger charge is -2.03. The Hall–Kier alpha value is -3.06. The van der Waals surface area contributed by atoms with Gasteiger partial charge in [0.15, 0.2) is 5.13 Å². The number of pyridine rings is 1. The molecule has 6 nitrogen and oxygen atoms in total. The average molecular weight is 366 g/mol. The van der Waals surface area contributed by atoms with E-state index in [2.05, 4.69) is 20.6 Å². The third-order valence-electron chi connectivity index (χ3n) is 3.61. The summed E-state index contributed by atoms with van der Waals surface area (Å²) in [5, 5.41) is 7.99. The number of hydrogen-bond donors (Lipinski definition) is 2. The second kappa shape index (κ2) is 8.87. The lowest BCUT2D eigenvalue weighted by molar-refractivity contribution is -0.121. The molecule has 26 heavy (non-hydrogen) atoms. The fourth-order valence-electron chi connectivity index (χ4n) is 2.26. The number of hydrogen-bond acceptors (Lipinski definition) is 5. The van der Waals surface area contributed by atoms with Crippen LogP contribution in [0.3, 0.4) is 0 Å². The van der Waals surface area contributed by atoms with Gasteiger partial charge in [0.25, 0.3) is 5.91 Å². The highest BCUT2D eigenvalue weighted by Crippen LogP contribution is 2.17. The maximum Gasteiger partial charge on any atom is 0.257 e. The predicted octanol–water partition coefficient (Wildman–Crippen LogP) is 3.04. The van der Waals surface area contributed by atoms with Crippen molar-refractivity contribution >= 4 is 28.3 Å². The van der Waals surface area contributed by atoms with Crippen LogP contribution in [0, 0.1) is 0 Å². The molecule has 1 aromatic carbocycles. The van der Waals surface area contributed by atoms with Crippen LogP contribution in [-0.4, -0.2) is 21.8 Å². The molecule has 3 rings (SSSR count). The standard InChI is InChI=1S/C19H18N4O2S/c24-17(21-12-15-8-4-5-11-20-15)10-9-16-13-26-19(22-16)23-18(25)14-6-2-1-3-7-14/h1-8,11,13H,9-10,12H2,(H,21,24)(H,22,23,25). The zero-order valence-electron chi connectivity index (χ0n) is 14.0. The summed E-state index contributed by atoms with van der Waals surface area (Å²) in [5.41, 5.74) is 2.19. The Morgan fingerprint density at radius 2 is 1.81 bits per heavy atom. The number of thiazole rings is 1. The van der Waals surface area contributed by atoms with Crippen LogP contribution < -0.4 is 10.6 Å². The van der Waals surface area contributed by atoms with Gasteiger partial charge in [0.2, 0.25) is 5.91 Å². The minimum Gasteiger partial charge on any atom is -0.350 e. The van der Waals surface area contributed by atoms with Crippen LogP contribution in [0.15, 0.2) is 60.1 Å². The topological polar surface area (TPSA) is 84.0 Å². The van der Waals surface area contributed by atoms with E-state index in [9.17, 15) is 9.59 Å². The lowest BCUT2D eigenvalue weighted by Crippen LogP contribution is -2.23. The molecule has 0 saturated carbocycles. The van der Waals surface area contributed by atoms with Crippen LogP contribution in [0.1, 0.15) is 28.2 Å². The molecule has 0 unspecified atom stereocenters. The molecule has 0 aliphatic carbocycles. The van der Waals surface area contributed by atoms with Crippen LogP contribution in [0.4, 0.5) is 5.13 Å². The first-order valence-corrected chi connectivity index (χ1v) is 9.06. The summed E-state index contributed by atoms with van der Waals surface area (Å²) in [5.74, 6) is -0.252. The van der Waals surface area contributed by atoms with Gasteiger partial charge < -0.3 is 5.32 Å². The number of carbonyl (C=O) groups is 2. The summed E-state index contributed by atoms with van der Waals surface area (Å²) in [4.78, 5) is 32.5. The summed E-state index contributed by atoms with van der Waals surface area (Å²) in [6, 6.07) is 14.6. The van der Waals surface area contributed by atoms with Crippen molar-refractivity contribution in [3.05, 3.63) is 77.1 Å². The molecule has 2 N–H and O–H groups in total. The van der Waals surface area contributed by atoms with E-state index in [1.54, 1.807) is 18.3 Å². The monoisotopic (exact) mass is 366 g/mol. The Morgan fingerprint density at radius 3 is 2.58 bits per heavy atom. The van der Waals surface area contributed by atoms with E-state index in [-0.39, 0.29) is 11.8 Å². The van der Waals surface area contributed by atoms with E-state index in [0.717, 1.165) is 11.4 Å². The largest absolute Gasteiger partial charge is 0.350 e. The van der Waals surface area contributed by atoms with Gasteiger partial charge in [-0.25, -0.2) is 4.98 Å². The predicted molar refractivity (Wildman–Crippen MR) is 101 cm³/mol. The fraction of sp³-hybridized carbons (Fsp3) is 0.158. The Kier molecular flexibility index (Phi) is 6.05. The Morgan fingerprint density at radius 1 is 1.00 bits per heavy atom. The molecule has 3 aromatic rings. The highest BCUT2D eigenvalue weighted by Gasteiger charge is 2.10. The van der Waals surface area contributed by atoms with E-state index >= 15 is 0 Å². The van der Waals surface area contributed by atoms with Gasteiger partial charge >= 0.3 is 0 Å². The molecular weight excluding hydrogens is 348 g/mol. The maximum atomic E-state index is 12.1. The number of aromatic nitrogens is 2. The fourth-order valence-corrected chi connectivity index (χ4v) is 3.00. The zero-order chi connectivity index (χ0) is 18.2. The number of amides is 2. The molecule has 0 spiro atoms. The second-order valence-electron chi connectivity index (χ2n) is 5.56. The molecule has 0 atom stereocenters. The van der Waals surface area contributed by atoms with Crippen LogP contribution in [0.5, 0.6) is 0 Å². The molecule has 0 saturated heterocycles. The van der Waals surface area contributed by atoms with Gasteiger partial charge in [-0.2, -0.15) is 0 Å². The van der Waals surface area contributed by atoms with Crippen LogP contribution in [0.25, 0.3) is 0 Å². The molecule has 2 aromatic heterocycles. The zero-order valence-corrected chi connectivity index (χ0v) is 14.8. The molecule has 2 heterocycles. The van der Waals surface area contributed by atoms with Crippen molar-refractivity contribution in [3.8, 4) is 0 Å². The van der Waals surface area contributed by atoms with Crippen LogP contribution >= 0.6 is 11.3 Å². The van der Waals surface area contributed by atoms with E-state index in [0.29, 0.717) is 30.1 Å². The van der Waals surface area contributed by atoms with Crippen molar-refractivity contribution in [2.75, 3.05) is 5.32 Å². The Labute approximate surface area is 155 Å². The molecular formula is C19H18N4O2S. The lowest BCUT2D eigenvalue weighted by atomic mass is 10.2. The summed E-state index contributed by atoms with van der Waals surface area (Å²) in [6.07, 6.45) is 2.55. The van der Waals surface area contributed by atoms with Gasteiger partial charge in [-0.15, -0.1) is 11.3 Å². The molecule has 0 fully saturated rings. The first-order chi connectivity index (χ1) is 12.7. The third-order valence-corrected chi connectivity index (χ3v) is 4.42. The number of aryl methyl sites for hydroxylation is 1. The van der Waals surface area contributed by atoms with Crippen molar-refractivity contribution in [3.63, 3.8) is 0 Å². The molecule has 0 aliphatic rings. The average Bonchev–Trinajstić information content (AvgIpc) is 3.13. The first kappa shape index (κ1) is 17.8. The Balaban J connectivity index is 1.45. The van der Waals surface area contributed by atoms with E-state index in [1.165, 1.54) is 11.3 Å². The number of benzene rings is 1. The quantitative estimate of drug-likeness (QED) is 0.673. The van der Waals surface area contributed by atoms with Crippen LogP contribution in [-0.2, 0) is 17.8 Å². The van der Waals surface area contributed by atoms with Crippen molar-refractivity contribution in [2.45, 2.75) is 19.4 Å². The van der Waals surface area contributed by atoms with Crippen molar-refractivity contribution < 1.29 is 9.59 Å². The first-order valence-electron chi connectivity index (χ1n) is 8.18. The summed E-state index contributed by atoms with van der Waals surface area (Å²) in [6.45, 7) is 0.412. The molecule has 7 heteroatoms. The normalized spacial score (nSPS) is 10.3. The van der Waals surface area contributed by atoms with Gasteiger partial charge in [-0.1, -0.05) is 24.3 Å². The van der Waals surface area contributed by atoms with E-state index in [1.807, 2.05) is 41.8 Å². The molecule has 0 bridgehead atoms. The van der Waals surface area contributed by atoms with E-state index < -0.39 is 0 Å². The minimum atomic E-state index is -0.195. The molecule has 0 radical (unpaired) electrons.